The van der Waals surface area contributed by atoms with Gasteiger partial charge in [-0.15, -0.1) is 10.2 Å². The Hall–Kier alpha value is -1.63. The van der Waals surface area contributed by atoms with Crippen molar-refractivity contribution in [3.8, 4) is 0 Å². The third kappa shape index (κ3) is 2.10. The third-order valence-corrected chi connectivity index (χ3v) is 5.51. The average Bonchev–Trinajstić information content (AvgIpc) is 2.90. The summed E-state index contributed by atoms with van der Waals surface area (Å²) in [6.45, 7) is 3.48. The zero-order chi connectivity index (χ0) is 15.2. The number of hydrogen-bond donors (Lipinski definition) is 1. The van der Waals surface area contributed by atoms with Crippen molar-refractivity contribution in [1.82, 2.24) is 14.6 Å². The van der Waals surface area contributed by atoms with Crippen LogP contribution >= 0.6 is 11.8 Å². The number of rotatable bonds is 4. The van der Waals surface area contributed by atoms with Gasteiger partial charge in [0.15, 0.2) is 10.8 Å². The van der Waals surface area contributed by atoms with Crippen LogP contribution in [0.4, 0.5) is 0 Å². The van der Waals surface area contributed by atoms with Crippen LogP contribution in [0.25, 0.3) is 16.6 Å². The molecule has 1 fully saturated rings. The highest BCUT2D eigenvalue weighted by Gasteiger charge is 2.38. The minimum absolute atomic E-state index is 0.128. The Morgan fingerprint density at radius 1 is 1.32 bits per heavy atom. The highest BCUT2D eigenvalue weighted by atomic mass is 32.2. The van der Waals surface area contributed by atoms with E-state index in [0.29, 0.717) is 13.2 Å². The maximum absolute atomic E-state index is 9.55. The van der Waals surface area contributed by atoms with Crippen LogP contribution in [0, 0.1) is 12.3 Å². The summed E-state index contributed by atoms with van der Waals surface area (Å²) in [7, 11) is 0. The van der Waals surface area contributed by atoms with Crippen molar-refractivity contribution in [3.05, 3.63) is 35.9 Å². The number of aryl methyl sites for hydroxylation is 1. The first-order valence-electron chi connectivity index (χ1n) is 7.27. The number of aliphatic hydroxyl groups is 1. The monoisotopic (exact) mass is 315 g/mol. The maximum Gasteiger partial charge on any atom is 0.196 e. The van der Waals surface area contributed by atoms with Gasteiger partial charge in [0, 0.05) is 16.6 Å². The van der Waals surface area contributed by atoms with E-state index in [9.17, 15) is 5.11 Å². The molecule has 0 amide bonds. The molecular formula is C16H17N3O2S. The fourth-order valence-corrected chi connectivity index (χ4v) is 3.91. The van der Waals surface area contributed by atoms with Crippen molar-refractivity contribution in [1.29, 1.82) is 0 Å². The summed E-state index contributed by atoms with van der Waals surface area (Å²) < 4.78 is 7.35. The summed E-state index contributed by atoms with van der Waals surface area (Å²) in [6, 6.07) is 10.4. The van der Waals surface area contributed by atoms with Gasteiger partial charge in [-0.3, -0.25) is 4.40 Å². The number of ether oxygens (including phenoxy) is 1. The van der Waals surface area contributed by atoms with Gasteiger partial charge in [-0.25, -0.2) is 0 Å². The van der Waals surface area contributed by atoms with E-state index in [1.54, 1.807) is 11.8 Å². The van der Waals surface area contributed by atoms with Crippen molar-refractivity contribution in [2.75, 3.05) is 25.6 Å². The van der Waals surface area contributed by atoms with Crippen LogP contribution < -0.4 is 0 Å². The molecule has 0 unspecified atom stereocenters. The van der Waals surface area contributed by atoms with Crippen LogP contribution in [-0.4, -0.2) is 45.3 Å². The summed E-state index contributed by atoms with van der Waals surface area (Å²) >= 11 is 1.63. The van der Waals surface area contributed by atoms with Crippen LogP contribution in [0.1, 0.15) is 5.56 Å². The summed E-state index contributed by atoms with van der Waals surface area (Å²) in [4.78, 5) is 0. The van der Waals surface area contributed by atoms with E-state index in [1.165, 1.54) is 10.9 Å². The van der Waals surface area contributed by atoms with Crippen molar-refractivity contribution in [2.24, 2.45) is 5.41 Å². The van der Waals surface area contributed by atoms with E-state index in [0.717, 1.165) is 22.1 Å². The van der Waals surface area contributed by atoms with Crippen LogP contribution in [0.3, 0.4) is 0 Å². The Balaban J connectivity index is 1.77. The van der Waals surface area contributed by atoms with Gasteiger partial charge in [0.1, 0.15) is 0 Å². The smallest absolute Gasteiger partial charge is 0.196 e. The molecule has 3 heterocycles. The number of pyridine rings is 1. The molecule has 5 nitrogen and oxygen atoms in total. The first kappa shape index (κ1) is 14.0. The molecule has 3 aromatic rings. The second-order valence-electron chi connectivity index (χ2n) is 5.96. The van der Waals surface area contributed by atoms with Crippen molar-refractivity contribution < 1.29 is 9.84 Å². The number of fused-ring (bicyclic) bond motifs is 3. The molecule has 1 aromatic carbocycles. The molecular weight excluding hydrogens is 298 g/mol. The summed E-state index contributed by atoms with van der Waals surface area (Å²) in [5.74, 6) is 0.784. The summed E-state index contributed by atoms with van der Waals surface area (Å²) in [6.07, 6.45) is 0. The Bertz CT molecular complexity index is 836. The molecule has 0 saturated carbocycles. The molecule has 1 aliphatic heterocycles. The zero-order valence-corrected chi connectivity index (χ0v) is 13.1. The molecule has 0 bridgehead atoms. The lowest BCUT2D eigenvalue weighted by molar-refractivity contribution is -0.121. The molecule has 1 saturated heterocycles. The fourth-order valence-electron chi connectivity index (χ4n) is 2.80. The van der Waals surface area contributed by atoms with Gasteiger partial charge >= 0.3 is 0 Å². The minimum Gasteiger partial charge on any atom is -0.396 e. The summed E-state index contributed by atoms with van der Waals surface area (Å²) in [5, 5.41) is 20.3. The Morgan fingerprint density at radius 2 is 2.14 bits per heavy atom. The topological polar surface area (TPSA) is 59.7 Å². The molecule has 0 atom stereocenters. The van der Waals surface area contributed by atoms with Crippen LogP contribution in [0.5, 0.6) is 0 Å². The number of benzene rings is 1. The predicted molar refractivity (Wildman–Crippen MR) is 86.3 cm³/mol. The Labute approximate surface area is 132 Å². The number of para-hydroxylation sites is 1. The third-order valence-electron chi connectivity index (χ3n) is 4.23. The fraction of sp³-hybridized carbons (Fsp3) is 0.375. The summed E-state index contributed by atoms with van der Waals surface area (Å²) in [5.41, 5.74) is 3.05. The quantitative estimate of drug-likeness (QED) is 0.749. The van der Waals surface area contributed by atoms with E-state index < -0.39 is 0 Å². The van der Waals surface area contributed by atoms with E-state index >= 15 is 0 Å². The molecule has 114 valence electrons. The van der Waals surface area contributed by atoms with Crippen LogP contribution in [-0.2, 0) is 4.74 Å². The van der Waals surface area contributed by atoms with E-state index in [2.05, 4.69) is 39.7 Å². The number of hydrogen-bond acceptors (Lipinski definition) is 5. The van der Waals surface area contributed by atoms with Gasteiger partial charge in [0.2, 0.25) is 0 Å². The van der Waals surface area contributed by atoms with E-state index in [-0.39, 0.29) is 12.0 Å². The molecule has 6 heteroatoms. The Kier molecular flexibility index (Phi) is 3.32. The Morgan fingerprint density at radius 3 is 2.86 bits per heavy atom. The highest BCUT2D eigenvalue weighted by molar-refractivity contribution is 7.99. The second-order valence-corrected chi connectivity index (χ2v) is 6.90. The van der Waals surface area contributed by atoms with E-state index in [4.69, 9.17) is 4.74 Å². The largest absolute Gasteiger partial charge is 0.396 e. The molecule has 1 aliphatic rings. The number of thioether (sulfide) groups is 1. The first-order chi connectivity index (χ1) is 10.7. The molecule has 0 radical (unpaired) electrons. The molecule has 1 N–H and O–H groups in total. The zero-order valence-electron chi connectivity index (χ0n) is 12.3. The molecule has 4 rings (SSSR count). The number of aromatic nitrogens is 3. The van der Waals surface area contributed by atoms with Gasteiger partial charge in [0.05, 0.1) is 25.3 Å². The van der Waals surface area contributed by atoms with Crippen molar-refractivity contribution >= 4 is 28.3 Å². The predicted octanol–water partition coefficient (Wildman–Crippen LogP) is 2.29. The molecule has 2 aromatic heterocycles. The van der Waals surface area contributed by atoms with Crippen molar-refractivity contribution in [3.63, 3.8) is 0 Å². The minimum atomic E-state index is -0.128. The van der Waals surface area contributed by atoms with Gasteiger partial charge in [0.25, 0.3) is 0 Å². The second kappa shape index (κ2) is 5.22. The van der Waals surface area contributed by atoms with Gasteiger partial charge in [-0.1, -0.05) is 30.0 Å². The SMILES string of the molecule is Cc1cc2nnc(SCC3(CO)COC3)n2c2ccccc12. The van der Waals surface area contributed by atoms with Gasteiger partial charge < -0.3 is 9.84 Å². The normalized spacial score (nSPS) is 17.0. The lowest BCUT2D eigenvalue weighted by atomic mass is 9.90. The molecule has 0 aliphatic carbocycles. The first-order valence-corrected chi connectivity index (χ1v) is 8.26. The van der Waals surface area contributed by atoms with Crippen molar-refractivity contribution in [2.45, 2.75) is 12.1 Å². The van der Waals surface area contributed by atoms with Crippen LogP contribution in [0.2, 0.25) is 0 Å². The number of nitrogens with zero attached hydrogens (tertiary/aromatic N) is 3. The lowest BCUT2D eigenvalue weighted by Crippen LogP contribution is -2.47. The lowest BCUT2D eigenvalue weighted by Gasteiger charge is -2.39. The number of aliphatic hydroxyl groups excluding tert-OH is 1. The van der Waals surface area contributed by atoms with E-state index in [1.807, 2.05) is 12.1 Å². The highest BCUT2D eigenvalue weighted by Crippen LogP contribution is 2.34. The van der Waals surface area contributed by atoms with Gasteiger partial charge in [-0.05, 0) is 24.6 Å². The average molecular weight is 315 g/mol. The molecule has 22 heavy (non-hydrogen) atoms. The van der Waals surface area contributed by atoms with Gasteiger partial charge in [-0.2, -0.15) is 0 Å². The maximum atomic E-state index is 9.55. The molecule has 0 spiro atoms. The standard InChI is InChI=1S/C16H17N3O2S/c1-11-6-14-17-18-15(22-10-16(7-20)8-21-9-16)19(14)13-5-3-2-4-12(11)13/h2-6,20H,7-10H2,1H3. The van der Waals surface area contributed by atoms with Crippen LogP contribution in [0.15, 0.2) is 35.5 Å².